The third-order valence-corrected chi connectivity index (χ3v) is 5.03. The molecule has 0 radical (unpaired) electrons. The van der Waals surface area contributed by atoms with Crippen LogP contribution in [0.5, 0.6) is 0 Å². The third-order valence-electron chi connectivity index (χ3n) is 2.82. The summed E-state index contributed by atoms with van der Waals surface area (Å²) in [7, 11) is -3.92. The summed E-state index contributed by atoms with van der Waals surface area (Å²) in [5.41, 5.74) is 0.440. The number of hydrogen-bond donors (Lipinski definition) is 2. The maximum atomic E-state index is 13.5. The van der Waals surface area contributed by atoms with Crippen LogP contribution in [-0.4, -0.2) is 13.4 Å². The van der Waals surface area contributed by atoms with Gasteiger partial charge in [0.15, 0.2) is 0 Å². The Morgan fingerprint density at radius 2 is 1.90 bits per heavy atom. The van der Waals surface area contributed by atoms with Crippen molar-refractivity contribution >= 4 is 37.3 Å². The number of nitrogens with one attached hydrogen (secondary N) is 2. The molecule has 2 aromatic carbocycles. The van der Waals surface area contributed by atoms with Crippen LogP contribution < -0.4 is 9.60 Å². The quantitative estimate of drug-likeness (QED) is 0.777. The van der Waals surface area contributed by atoms with Gasteiger partial charge < -0.3 is 4.98 Å². The van der Waals surface area contributed by atoms with E-state index in [0.717, 1.165) is 11.3 Å². The van der Waals surface area contributed by atoms with Gasteiger partial charge in [0, 0.05) is 0 Å². The van der Waals surface area contributed by atoms with E-state index in [1.54, 1.807) is 0 Å². The SMILES string of the molecule is O=c1[nH]c2ccc(S(=O)(=O)Nc3ccccc3F)cc2s1. The number of aromatic amines is 1. The molecule has 3 aromatic rings. The molecule has 0 aliphatic carbocycles. The number of hydrogen-bond acceptors (Lipinski definition) is 4. The van der Waals surface area contributed by atoms with Crippen LogP contribution >= 0.6 is 11.3 Å². The highest BCUT2D eigenvalue weighted by atomic mass is 32.2. The summed E-state index contributed by atoms with van der Waals surface area (Å²) in [4.78, 5) is 13.5. The lowest BCUT2D eigenvalue weighted by atomic mass is 10.3. The van der Waals surface area contributed by atoms with E-state index in [1.807, 2.05) is 0 Å². The van der Waals surface area contributed by atoms with Crippen molar-refractivity contribution in [3.8, 4) is 0 Å². The van der Waals surface area contributed by atoms with Gasteiger partial charge in [0.2, 0.25) is 0 Å². The van der Waals surface area contributed by atoms with Gasteiger partial charge in [-0.05, 0) is 30.3 Å². The van der Waals surface area contributed by atoms with E-state index in [2.05, 4.69) is 9.71 Å². The zero-order valence-corrected chi connectivity index (χ0v) is 12.1. The summed E-state index contributed by atoms with van der Waals surface area (Å²) < 4.78 is 40.7. The molecule has 0 aliphatic rings. The highest BCUT2D eigenvalue weighted by molar-refractivity contribution is 7.92. The molecule has 8 heteroatoms. The number of para-hydroxylation sites is 1. The van der Waals surface area contributed by atoms with Crippen molar-refractivity contribution in [1.82, 2.24) is 4.98 Å². The van der Waals surface area contributed by atoms with Crippen molar-refractivity contribution in [3.05, 3.63) is 57.9 Å². The van der Waals surface area contributed by atoms with Crippen molar-refractivity contribution in [1.29, 1.82) is 0 Å². The van der Waals surface area contributed by atoms with Crippen LogP contribution in [0, 0.1) is 5.82 Å². The third kappa shape index (κ3) is 2.67. The molecule has 5 nitrogen and oxygen atoms in total. The predicted octanol–water partition coefficient (Wildman–Crippen LogP) is 2.53. The van der Waals surface area contributed by atoms with Crippen LogP contribution in [0.4, 0.5) is 10.1 Å². The molecule has 3 rings (SSSR count). The number of aromatic nitrogens is 1. The number of H-pyrrole nitrogens is 1. The predicted molar refractivity (Wildman–Crippen MR) is 79.7 cm³/mol. The molecule has 108 valence electrons. The maximum Gasteiger partial charge on any atom is 0.305 e. The zero-order valence-electron chi connectivity index (χ0n) is 10.5. The number of benzene rings is 2. The molecule has 21 heavy (non-hydrogen) atoms. The fourth-order valence-electron chi connectivity index (χ4n) is 1.84. The lowest BCUT2D eigenvalue weighted by Gasteiger charge is -2.08. The van der Waals surface area contributed by atoms with Gasteiger partial charge in [0.05, 0.1) is 20.8 Å². The van der Waals surface area contributed by atoms with Gasteiger partial charge in [-0.15, -0.1) is 0 Å². The van der Waals surface area contributed by atoms with Gasteiger partial charge in [-0.1, -0.05) is 23.5 Å². The molecule has 0 bridgehead atoms. The molecular formula is C13H9FN2O3S2. The molecule has 0 spiro atoms. The van der Waals surface area contributed by atoms with Crippen molar-refractivity contribution in [2.24, 2.45) is 0 Å². The second kappa shape index (κ2) is 4.97. The average Bonchev–Trinajstić information content (AvgIpc) is 2.80. The van der Waals surface area contributed by atoms with Crippen molar-refractivity contribution < 1.29 is 12.8 Å². The maximum absolute atomic E-state index is 13.5. The van der Waals surface area contributed by atoms with E-state index in [0.29, 0.717) is 10.2 Å². The summed E-state index contributed by atoms with van der Waals surface area (Å²) in [5, 5.41) is 0. The fourth-order valence-corrected chi connectivity index (χ4v) is 3.78. The highest BCUT2D eigenvalue weighted by Gasteiger charge is 2.17. The molecule has 1 heterocycles. The zero-order chi connectivity index (χ0) is 15.0. The first kappa shape index (κ1) is 13.8. The van der Waals surface area contributed by atoms with Crippen molar-refractivity contribution in [3.63, 3.8) is 0 Å². The Labute approximate surface area is 123 Å². The van der Waals surface area contributed by atoms with Crippen LogP contribution in [0.15, 0.2) is 52.2 Å². The Morgan fingerprint density at radius 3 is 2.67 bits per heavy atom. The minimum atomic E-state index is -3.92. The first-order valence-electron chi connectivity index (χ1n) is 5.86. The smallest absolute Gasteiger partial charge is 0.305 e. The Kier molecular flexibility index (Phi) is 3.26. The van der Waals surface area contributed by atoms with Gasteiger partial charge in [-0.2, -0.15) is 0 Å². The second-order valence-corrected chi connectivity index (χ2v) is 6.95. The number of sulfonamides is 1. The highest BCUT2D eigenvalue weighted by Crippen LogP contribution is 2.22. The van der Waals surface area contributed by atoms with Crippen LogP contribution in [0.3, 0.4) is 0 Å². The van der Waals surface area contributed by atoms with E-state index in [4.69, 9.17) is 0 Å². The minimum Gasteiger partial charge on any atom is -0.312 e. The minimum absolute atomic E-state index is 0.0338. The van der Waals surface area contributed by atoms with E-state index >= 15 is 0 Å². The second-order valence-electron chi connectivity index (χ2n) is 4.26. The molecule has 0 fully saturated rings. The average molecular weight is 324 g/mol. The van der Waals surface area contributed by atoms with E-state index < -0.39 is 15.8 Å². The number of anilines is 1. The van der Waals surface area contributed by atoms with Crippen LogP contribution in [0.2, 0.25) is 0 Å². The summed E-state index contributed by atoms with van der Waals surface area (Å²) in [6.07, 6.45) is 0. The number of thiazole rings is 1. The van der Waals surface area contributed by atoms with Gasteiger partial charge in [-0.3, -0.25) is 9.52 Å². The lowest BCUT2D eigenvalue weighted by molar-refractivity contribution is 0.598. The van der Waals surface area contributed by atoms with Crippen LogP contribution in [0.1, 0.15) is 0 Å². The summed E-state index contributed by atoms with van der Waals surface area (Å²) in [6.45, 7) is 0. The first-order valence-corrected chi connectivity index (χ1v) is 8.16. The number of halogens is 1. The van der Waals surface area contributed by atoms with E-state index in [1.165, 1.54) is 42.5 Å². The summed E-state index contributed by atoms with van der Waals surface area (Å²) >= 11 is 0.914. The number of rotatable bonds is 3. The molecule has 0 atom stereocenters. The van der Waals surface area contributed by atoms with Gasteiger partial charge in [0.1, 0.15) is 5.82 Å². The van der Waals surface area contributed by atoms with E-state index in [-0.39, 0.29) is 15.5 Å². The van der Waals surface area contributed by atoms with Crippen molar-refractivity contribution in [2.75, 3.05) is 4.72 Å². The Morgan fingerprint density at radius 1 is 1.14 bits per heavy atom. The van der Waals surface area contributed by atoms with Gasteiger partial charge in [-0.25, -0.2) is 12.8 Å². The number of fused-ring (bicyclic) bond motifs is 1. The molecule has 0 unspecified atom stereocenters. The van der Waals surface area contributed by atoms with Crippen molar-refractivity contribution in [2.45, 2.75) is 4.90 Å². The summed E-state index contributed by atoms with van der Waals surface area (Å²) in [6, 6.07) is 9.73. The molecular weight excluding hydrogens is 315 g/mol. The molecule has 0 saturated carbocycles. The Hall–Kier alpha value is -2.19. The normalized spacial score (nSPS) is 11.7. The molecule has 1 aromatic heterocycles. The topological polar surface area (TPSA) is 79.0 Å². The van der Waals surface area contributed by atoms with Crippen LogP contribution in [0.25, 0.3) is 10.2 Å². The first-order chi connectivity index (χ1) is 9.95. The molecule has 0 saturated heterocycles. The van der Waals surface area contributed by atoms with Crippen LogP contribution in [-0.2, 0) is 10.0 Å². The van der Waals surface area contributed by atoms with Gasteiger partial charge in [0.25, 0.3) is 10.0 Å². The Bertz CT molecular complexity index is 976. The molecule has 0 amide bonds. The standard InChI is InChI=1S/C13H9FN2O3S2/c14-9-3-1-2-4-10(9)16-21(18,19)8-5-6-11-12(7-8)20-13(17)15-11/h1-7,16H,(H,15,17). The lowest BCUT2D eigenvalue weighted by Crippen LogP contribution is -2.13. The Balaban J connectivity index is 2.03. The molecule has 0 aliphatic heterocycles. The summed E-state index contributed by atoms with van der Waals surface area (Å²) in [5.74, 6) is -0.659. The monoisotopic (exact) mass is 324 g/mol. The molecule has 2 N–H and O–H groups in total. The van der Waals surface area contributed by atoms with Gasteiger partial charge >= 0.3 is 4.87 Å². The fraction of sp³-hybridized carbons (Fsp3) is 0. The van der Waals surface area contributed by atoms with E-state index in [9.17, 15) is 17.6 Å². The largest absolute Gasteiger partial charge is 0.312 e.